The quantitative estimate of drug-likeness (QED) is 0.831. The van der Waals surface area contributed by atoms with E-state index in [1.807, 2.05) is 0 Å². The van der Waals surface area contributed by atoms with Crippen molar-refractivity contribution in [1.29, 1.82) is 5.26 Å². The summed E-state index contributed by atoms with van der Waals surface area (Å²) in [6.07, 6.45) is -4.61. The SMILES string of the molecule is Cc1ccc(F)c(NCC(C#N)C(F)(F)F)c1. The Hall–Kier alpha value is -1.77. The highest BCUT2D eigenvalue weighted by Crippen LogP contribution is 2.26. The van der Waals surface area contributed by atoms with Crippen LogP contribution in [0.2, 0.25) is 0 Å². The first-order valence-corrected chi connectivity index (χ1v) is 4.81. The number of nitrogens with zero attached hydrogens (tertiary/aromatic N) is 1. The van der Waals surface area contributed by atoms with Crippen molar-refractivity contribution < 1.29 is 17.6 Å². The fourth-order valence-corrected chi connectivity index (χ4v) is 1.22. The van der Waals surface area contributed by atoms with Crippen LogP contribution in [0.4, 0.5) is 23.2 Å². The second kappa shape index (κ2) is 5.04. The molecule has 0 radical (unpaired) electrons. The van der Waals surface area contributed by atoms with Gasteiger partial charge in [-0.3, -0.25) is 0 Å². The predicted octanol–water partition coefficient (Wildman–Crippen LogP) is 3.25. The van der Waals surface area contributed by atoms with Crippen LogP contribution in [0.3, 0.4) is 0 Å². The maximum absolute atomic E-state index is 13.2. The molecule has 0 aromatic heterocycles. The van der Waals surface area contributed by atoms with E-state index in [2.05, 4.69) is 5.32 Å². The Labute approximate surface area is 95.9 Å². The normalized spacial score (nSPS) is 12.9. The van der Waals surface area contributed by atoms with Crippen molar-refractivity contribution >= 4 is 5.69 Å². The Kier molecular flexibility index (Phi) is 3.94. The molecule has 6 heteroatoms. The third kappa shape index (κ3) is 3.63. The lowest BCUT2D eigenvalue weighted by atomic mass is 10.1. The van der Waals surface area contributed by atoms with E-state index >= 15 is 0 Å². The molecule has 17 heavy (non-hydrogen) atoms. The molecule has 0 aliphatic heterocycles. The summed E-state index contributed by atoms with van der Waals surface area (Å²) in [6, 6.07) is 5.19. The number of halogens is 4. The number of nitrogens with one attached hydrogen (secondary N) is 1. The van der Waals surface area contributed by atoms with Gasteiger partial charge >= 0.3 is 6.18 Å². The smallest absolute Gasteiger partial charge is 0.381 e. The van der Waals surface area contributed by atoms with Gasteiger partial charge < -0.3 is 5.32 Å². The summed E-state index contributed by atoms with van der Waals surface area (Å²) in [5, 5.41) is 10.7. The fraction of sp³-hybridized carbons (Fsp3) is 0.364. The Bertz CT molecular complexity index is 434. The zero-order valence-corrected chi connectivity index (χ0v) is 8.98. The van der Waals surface area contributed by atoms with Gasteiger partial charge in [0.15, 0.2) is 5.92 Å². The van der Waals surface area contributed by atoms with Crippen LogP contribution in [0.25, 0.3) is 0 Å². The molecule has 0 heterocycles. The highest BCUT2D eigenvalue weighted by molar-refractivity contribution is 5.47. The molecule has 1 unspecified atom stereocenters. The summed E-state index contributed by atoms with van der Waals surface area (Å²) in [7, 11) is 0. The number of alkyl halides is 3. The van der Waals surface area contributed by atoms with E-state index in [9.17, 15) is 17.6 Å². The maximum atomic E-state index is 13.2. The second-order valence-corrected chi connectivity index (χ2v) is 3.59. The van der Waals surface area contributed by atoms with Crippen LogP contribution < -0.4 is 5.32 Å². The molecule has 1 atom stereocenters. The van der Waals surface area contributed by atoms with Gasteiger partial charge in [0, 0.05) is 6.54 Å². The van der Waals surface area contributed by atoms with Gasteiger partial charge in [-0.15, -0.1) is 0 Å². The van der Waals surface area contributed by atoms with Gasteiger partial charge in [0.1, 0.15) is 5.82 Å². The molecule has 1 aromatic rings. The maximum Gasteiger partial charge on any atom is 0.406 e. The first-order valence-electron chi connectivity index (χ1n) is 4.81. The van der Waals surface area contributed by atoms with Crippen molar-refractivity contribution in [2.45, 2.75) is 13.1 Å². The Morgan fingerprint density at radius 2 is 2.06 bits per heavy atom. The first-order chi connectivity index (χ1) is 7.84. The topological polar surface area (TPSA) is 35.8 Å². The van der Waals surface area contributed by atoms with Crippen LogP contribution in [0.15, 0.2) is 18.2 Å². The predicted molar refractivity (Wildman–Crippen MR) is 54.8 cm³/mol. The molecule has 0 amide bonds. The molecule has 0 spiro atoms. The van der Waals surface area contributed by atoms with Gasteiger partial charge in [0.05, 0.1) is 11.8 Å². The van der Waals surface area contributed by atoms with E-state index in [-0.39, 0.29) is 5.69 Å². The van der Waals surface area contributed by atoms with Gasteiger partial charge in [-0.05, 0) is 24.6 Å². The van der Waals surface area contributed by atoms with E-state index in [4.69, 9.17) is 5.26 Å². The molecule has 92 valence electrons. The highest BCUT2D eigenvalue weighted by atomic mass is 19.4. The van der Waals surface area contributed by atoms with E-state index in [1.165, 1.54) is 12.1 Å². The van der Waals surface area contributed by atoms with E-state index in [0.29, 0.717) is 0 Å². The number of hydrogen-bond donors (Lipinski definition) is 1. The zero-order valence-electron chi connectivity index (χ0n) is 8.98. The van der Waals surface area contributed by atoms with Gasteiger partial charge in [0.25, 0.3) is 0 Å². The van der Waals surface area contributed by atoms with Gasteiger partial charge in [-0.25, -0.2) is 4.39 Å². The van der Waals surface area contributed by atoms with Crippen LogP contribution in [0.5, 0.6) is 0 Å². The molecular weight excluding hydrogens is 236 g/mol. The van der Waals surface area contributed by atoms with Crippen molar-refractivity contribution in [3.63, 3.8) is 0 Å². The van der Waals surface area contributed by atoms with Crippen molar-refractivity contribution in [3.8, 4) is 6.07 Å². The zero-order chi connectivity index (χ0) is 13.1. The summed E-state index contributed by atoms with van der Waals surface area (Å²) in [4.78, 5) is 0. The van der Waals surface area contributed by atoms with Gasteiger partial charge in [0.2, 0.25) is 0 Å². The van der Waals surface area contributed by atoms with Crippen LogP contribution in [0, 0.1) is 30.0 Å². The minimum Gasteiger partial charge on any atom is -0.381 e. The summed E-state index contributed by atoms with van der Waals surface area (Å²) < 4.78 is 49.9. The molecule has 0 bridgehead atoms. The van der Waals surface area contributed by atoms with Crippen molar-refractivity contribution in [2.24, 2.45) is 5.92 Å². The number of anilines is 1. The van der Waals surface area contributed by atoms with Crippen LogP contribution in [-0.2, 0) is 0 Å². The summed E-state index contributed by atoms with van der Waals surface area (Å²) in [6.45, 7) is 1.02. The van der Waals surface area contributed by atoms with Crippen molar-refractivity contribution in [2.75, 3.05) is 11.9 Å². The van der Waals surface area contributed by atoms with Gasteiger partial charge in [-0.1, -0.05) is 6.07 Å². The Balaban J connectivity index is 2.73. The lowest BCUT2D eigenvalue weighted by molar-refractivity contribution is -0.155. The number of hydrogen-bond acceptors (Lipinski definition) is 2. The first kappa shape index (κ1) is 13.3. The number of rotatable bonds is 3. The summed E-state index contributed by atoms with van der Waals surface area (Å²) in [5.74, 6) is -2.79. The minimum absolute atomic E-state index is 0.0329. The molecule has 1 N–H and O–H groups in total. The van der Waals surface area contributed by atoms with Crippen LogP contribution in [-0.4, -0.2) is 12.7 Å². The van der Waals surface area contributed by atoms with Gasteiger partial charge in [-0.2, -0.15) is 18.4 Å². The monoisotopic (exact) mass is 246 g/mol. The molecule has 0 saturated heterocycles. The van der Waals surface area contributed by atoms with Crippen molar-refractivity contribution in [3.05, 3.63) is 29.6 Å². The van der Waals surface area contributed by atoms with Crippen molar-refractivity contribution in [1.82, 2.24) is 0 Å². The summed E-state index contributed by atoms with van der Waals surface area (Å²) in [5.41, 5.74) is 0.684. The van der Waals surface area contributed by atoms with E-state index in [0.717, 1.165) is 17.7 Å². The standard InChI is InChI=1S/C11H10F4N2/c1-7-2-3-9(12)10(4-7)17-6-8(5-16)11(13,14)15/h2-4,8,17H,6H2,1H3. The highest BCUT2D eigenvalue weighted by Gasteiger charge is 2.39. The minimum atomic E-state index is -4.61. The fourth-order valence-electron chi connectivity index (χ4n) is 1.22. The second-order valence-electron chi connectivity index (χ2n) is 3.59. The van der Waals surface area contributed by atoms with E-state index in [1.54, 1.807) is 6.92 Å². The Morgan fingerprint density at radius 1 is 1.41 bits per heavy atom. The number of benzene rings is 1. The molecule has 1 aromatic carbocycles. The molecular formula is C11H10F4N2. The molecule has 2 nitrogen and oxygen atoms in total. The Morgan fingerprint density at radius 3 is 2.59 bits per heavy atom. The third-order valence-electron chi connectivity index (χ3n) is 2.17. The van der Waals surface area contributed by atoms with E-state index < -0.39 is 24.5 Å². The molecule has 0 saturated carbocycles. The lowest BCUT2D eigenvalue weighted by Crippen LogP contribution is -2.28. The molecule has 0 aliphatic rings. The third-order valence-corrected chi connectivity index (χ3v) is 2.17. The van der Waals surface area contributed by atoms with Crippen LogP contribution >= 0.6 is 0 Å². The van der Waals surface area contributed by atoms with Crippen LogP contribution in [0.1, 0.15) is 5.56 Å². The number of nitriles is 1. The largest absolute Gasteiger partial charge is 0.406 e. The molecule has 1 rings (SSSR count). The lowest BCUT2D eigenvalue weighted by Gasteiger charge is -2.15. The molecule has 0 fully saturated rings. The average Bonchev–Trinajstić information content (AvgIpc) is 2.22. The number of aryl methyl sites for hydroxylation is 1. The summed E-state index contributed by atoms with van der Waals surface area (Å²) >= 11 is 0. The molecule has 0 aliphatic carbocycles. The average molecular weight is 246 g/mol.